The Morgan fingerprint density at radius 1 is 1.05 bits per heavy atom. The van der Waals surface area contributed by atoms with Crippen LogP contribution in [0.2, 0.25) is 0 Å². The Morgan fingerprint density at radius 2 is 1.84 bits per heavy atom. The van der Waals surface area contributed by atoms with Crippen LogP contribution in [-0.2, 0) is 11.2 Å². The molecule has 6 rings (SSSR count). The molecular weight excluding hydrogens is 478 g/mol. The summed E-state index contributed by atoms with van der Waals surface area (Å²) in [6.45, 7) is 8.21. The Kier molecular flexibility index (Phi) is 6.64. The number of rotatable bonds is 4. The van der Waals surface area contributed by atoms with Gasteiger partial charge >= 0.3 is 0 Å². The van der Waals surface area contributed by atoms with Crippen molar-refractivity contribution in [2.45, 2.75) is 58.8 Å². The molecule has 2 aromatic carbocycles. The standard InChI is InChI=1S/C30H35N5O3/c1-18-14-25-15-23(24-4-6-26-27(16-24)32-19(2)31-26)5-7-28(25)37-13-10-22(18)17-29(36)35-11-8-21(9-12-35)30-33-20(3)38-34-30/h4-7,15-16,18,21-22H,8-14,17H2,1-3H3,(H,31,32). The number of H-pyrrole nitrogens is 1. The molecule has 2 aliphatic rings. The number of carbonyl (C=O) groups is 1. The lowest BCUT2D eigenvalue weighted by Gasteiger charge is -2.33. The van der Waals surface area contributed by atoms with Gasteiger partial charge in [0.05, 0.1) is 17.6 Å². The first kappa shape index (κ1) is 24.6. The van der Waals surface area contributed by atoms with Crippen molar-refractivity contribution in [3.05, 3.63) is 59.5 Å². The fourth-order valence-electron chi connectivity index (χ4n) is 6.02. The summed E-state index contributed by atoms with van der Waals surface area (Å²) in [5.74, 6) is 4.46. The number of carbonyl (C=O) groups excluding carboxylic acids is 1. The zero-order chi connectivity index (χ0) is 26.2. The SMILES string of the molecule is Cc1nc2ccc(-c3ccc4c(c3)CC(C)C(CC(=O)N3CCC(c5noc(C)n5)CC3)CCO4)cc2[nH]1. The number of amides is 1. The van der Waals surface area contributed by atoms with E-state index in [2.05, 4.69) is 63.4 Å². The molecule has 0 aliphatic carbocycles. The lowest BCUT2D eigenvalue weighted by molar-refractivity contribution is -0.133. The van der Waals surface area contributed by atoms with Gasteiger partial charge in [-0.15, -0.1) is 0 Å². The first-order chi connectivity index (χ1) is 18.4. The summed E-state index contributed by atoms with van der Waals surface area (Å²) in [6.07, 6.45) is 4.12. The number of aromatic nitrogens is 4. The molecule has 38 heavy (non-hydrogen) atoms. The number of ether oxygens (including phenoxy) is 1. The van der Waals surface area contributed by atoms with Gasteiger partial charge in [-0.3, -0.25) is 4.79 Å². The minimum atomic E-state index is 0.252. The number of likely N-dealkylation sites (tertiary alicyclic amines) is 1. The van der Waals surface area contributed by atoms with Gasteiger partial charge in [0.25, 0.3) is 0 Å². The van der Waals surface area contributed by atoms with Gasteiger partial charge in [0, 0.05) is 32.4 Å². The van der Waals surface area contributed by atoms with E-state index >= 15 is 0 Å². The number of fused-ring (bicyclic) bond motifs is 2. The quantitative estimate of drug-likeness (QED) is 0.381. The maximum Gasteiger partial charge on any atom is 0.223 e. The van der Waals surface area contributed by atoms with Gasteiger partial charge in [0.1, 0.15) is 11.6 Å². The third kappa shape index (κ3) is 5.04. The van der Waals surface area contributed by atoms with Crippen LogP contribution in [0.3, 0.4) is 0 Å². The smallest absolute Gasteiger partial charge is 0.223 e. The van der Waals surface area contributed by atoms with Crippen molar-refractivity contribution in [2.24, 2.45) is 11.8 Å². The fourth-order valence-corrected chi connectivity index (χ4v) is 6.02. The molecule has 1 saturated heterocycles. The Labute approximate surface area is 222 Å². The molecule has 1 amide bonds. The first-order valence-corrected chi connectivity index (χ1v) is 13.7. The van der Waals surface area contributed by atoms with Crippen LogP contribution in [0.5, 0.6) is 5.75 Å². The Hall–Kier alpha value is -3.68. The molecule has 8 heteroatoms. The molecule has 2 aromatic heterocycles. The summed E-state index contributed by atoms with van der Waals surface area (Å²) in [6, 6.07) is 12.8. The number of hydrogen-bond acceptors (Lipinski definition) is 6. The molecule has 0 bridgehead atoms. The predicted molar refractivity (Wildman–Crippen MR) is 145 cm³/mol. The van der Waals surface area contributed by atoms with Crippen LogP contribution >= 0.6 is 0 Å². The highest BCUT2D eigenvalue weighted by molar-refractivity contribution is 5.82. The van der Waals surface area contributed by atoms with Crippen molar-refractivity contribution < 1.29 is 14.1 Å². The number of aromatic amines is 1. The van der Waals surface area contributed by atoms with Crippen LogP contribution in [0.1, 0.15) is 61.6 Å². The van der Waals surface area contributed by atoms with Gasteiger partial charge in [-0.05, 0) is 85.4 Å². The van der Waals surface area contributed by atoms with Gasteiger partial charge in [0.15, 0.2) is 5.82 Å². The molecule has 198 valence electrons. The summed E-state index contributed by atoms with van der Waals surface area (Å²) < 4.78 is 11.3. The van der Waals surface area contributed by atoms with E-state index in [1.54, 1.807) is 0 Å². The summed E-state index contributed by atoms with van der Waals surface area (Å²) in [5, 5.41) is 4.08. The number of imidazole rings is 1. The maximum atomic E-state index is 13.3. The van der Waals surface area contributed by atoms with Gasteiger partial charge in [-0.2, -0.15) is 4.98 Å². The maximum absolute atomic E-state index is 13.3. The van der Waals surface area contributed by atoms with E-state index in [0.717, 1.165) is 72.8 Å². The predicted octanol–water partition coefficient (Wildman–Crippen LogP) is 5.60. The van der Waals surface area contributed by atoms with Crippen molar-refractivity contribution in [1.82, 2.24) is 25.0 Å². The fraction of sp³-hybridized carbons (Fsp3) is 0.467. The highest BCUT2D eigenvalue weighted by Gasteiger charge is 2.30. The molecule has 0 saturated carbocycles. The monoisotopic (exact) mass is 513 g/mol. The van der Waals surface area contributed by atoms with Crippen LogP contribution in [-0.4, -0.2) is 50.6 Å². The highest BCUT2D eigenvalue weighted by atomic mass is 16.5. The van der Waals surface area contributed by atoms with E-state index in [9.17, 15) is 4.79 Å². The second kappa shape index (κ2) is 10.2. The summed E-state index contributed by atoms with van der Waals surface area (Å²) in [7, 11) is 0. The average Bonchev–Trinajstić information content (AvgIpc) is 3.51. The summed E-state index contributed by atoms with van der Waals surface area (Å²) in [5.41, 5.74) is 5.57. The minimum Gasteiger partial charge on any atom is -0.493 e. The summed E-state index contributed by atoms with van der Waals surface area (Å²) in [4.78, 5) is 27.5. The number of piperidine rings is 1. The molecule has 8 nitrogen and oxygen atoms in total. The molecule has 4 aromatic rings. The largest absolute Gasteiger partial charge is 0.493 e. The van der Waals surface area contributed by atoms with E-state index in [0.29, 0.717) is 30.8 Å². The Morgan fingerprint density at radius 3 is 2.63 bits per heavy atom. The van der Waals surface area contributed by atoms with Crippen LogP contribution < -0.4 is 4.74 Å². The zero-order valence-corrected chi connectivity index (χ0v) is 22.4. The molecule has 2 atom stereocenters. The molecule has 1 fully saturated rings. The Balaban J connectivity index is 1.11. The Bertz CT molecular complexity index is 1450. The average molecular weight is 514 g/mol. The topological polar surface area (TPSA) is 97.1 Å². The normalized spacial score (nSPS) is 20.6. The third-order valence-corrected chi connectivity index (χ3v) is 8.28. The van der Waals surface area contributed by atoms with Crippen LogP contribution in [0.15, 0.2) is 40.9 Å². The molecule has 0 radical (unpaired) electrons. The van der Waals surface area contributed by atoms with Crippen LogP contribution in [0, 0.1) is 25.7 Å². The van der Waals surface area contributed by atoms with Gasteiger partial charge < -0.3 is 19.1 Å². The zero-order valence-electron chi connectivity index (χ0n) is 22.4. The van der Waals surface area contributed by atoms with Gasteiger partial charge in [0.2, 0.25) is 11.8 Å². The van der Waals surface area contributed by atoms with E-state index < -0.39 is 0 Å². The van der Waals surface area contributed by atoms with Gasteiger partial charge in [-0.25, -0.2) is 4.98 Å². The molecular formula is C30H35N5O3. The van der Waals surface area contributed by atoms with Crippen LogP contribution in [0.25, 0.3) is 22.2 Å². The van der Waals surface area contributed by atoms with Crippen molar-refractivity contribution >= 4 is 16.9 Å². The number of nitrogens with zero attached hydrogens (tertiary/aromatic N) is 4. The lowest BCUT2D eigenvalue weighted by Crippen LogP contribution is -2.39. The molecule has 4 heterocycles. The third-order valence-electron chi connectivity index (χ3n) is 8.28. The van der Waals surface area contributed by atoms with E-state index in [1.807, 2.05) is 18.7 Å². The van der Waals surface area contributed by atoms with Crippen molar-refractivity contribution in [2.75, 3.05) is 19.7 Å². The minimum absolute atomic E-state index is 0.252. The van der Waals surface area contributed by atoms with Gasteiger partial charge in [-0.1, -0.05) is 24.2 Å². The van der Waals surface area contributed by atoms with Crippen molar-refractivity contribution in [3.8, 4) is 16.9 Å². The molecule has 2 unspecified atom stereocenters. The second-order valence-electron chi connectivity index (χ2n) is 11.0. The number of benzene rings is 2. The molecule has 1 N–H and O–H groups in total. The molecule has 0 spiro atoms. The van der Waals surface area contributed by atoms with E-state index in [4.69, 9.17) is 9.26 Å². The molecule has 2 aliphatic heterocycles. The van der Waals surface area contributed by atoms with E-state index in [1.165, 1.54) is 11.1 Å². The number of nitrogens with one attached hydrogen (secondary N) is 1. The number of hydrogen-bond donors (Lipinski definition) is 1. The summed E-state index contributed by atoms with van der Waals surface area (Å²) >= 11 is 0. The second-order valence-corrected chi connectivity index (χ2v) is 11.0. The van der Waals surface area contributed by atoms with Crippen molar-refractivity contribution in [3.63, 3.8) is 0 Å². The highest BCUT2D eigenvalue weighted by Crippen LogP contribution is 2.35. The number of aryl methyl sites for hydroxylation is 2. The first-order valence-electron chi connectivity index (χ1n) is 13.7. The van der Waals surface area contributed by atoms with E-state index in [-0.39, 0.29) is 11.8 Å². The lowest BCUT2D eigenvalue weighted by atomic mass is 9.82. The van der Waals surface area contributed by atoms with Crippen LogP contribution in [0.4, 0.5) is 0 Å². The van der Waals surface area contributed by atoms with Crippen molar-refractivity contribution in [1.29, 1.82) is 0 Å².